The molecular formula is C38H52O6. The average molecular weight is 605 g/mol. The molecule has 5 aliphatic rings. The SMILES string of the molecule is C[C@H]1[C@H](C)CC[C@]2(C(=O)O)CCC3C(=CCC4[C@@]3(C)CCC3C(C)(C)[C@@H](OC(=O)C=Cc5ccc(O)cc5)[C@H](O)C[C@@]34C)[C@H]12. The van der Waals surface area contributed by atoms with Gasteiger partial charge in [0.1, 0.15) is 11.9 Å². The highest BCUT2D eigenvalue weighted by molar-refractivity contribution is 5.87. The number of aromatic hydroxyl groups is 1. The van der Waals surface area contributed by atoms with E-state index in [0.29, 0.717) is 30.1 Å². The van der Waals surface area contributed by atoms with Crippen LogP contribution in [-0.2, 0) is 14.3 Å². The molecule has 0 amide bonds. The van der Waals surface area contributed by atoms with E-state index in [0.717, 1.165) is 50.5 Å². The summed E-state index contributed by atoms with van der Waals surface area (Å²) in [6, 6.07) is 6.62. The van der Waals surface area contributed by atoms with Crippen molar-refractivity contribution < 1.29 is 29.6 Å². The van der Waals surface area contributed by atoms with Gasteiger partial charge >= 0.3 is 11.9 Å². The lowest BCUT2D eigenvalue weighted by molar-refractivity contribution is -0.229. The molecule has 4 fully saturated rings. The van der Waals surface area contributed by atoms with Gasteiger partial charge in [0.15, 0.2) is 0 Å². The van der Waals surface area contributed by atoms with Gasteiger partial charge in [0.2, 0.25) is 0 Å². The molecule has 6 heteroatoms. The molecule has 0 saturated heterocycles. The van der Waals surface area contributed by atoms with Crippen molar-refractivity contribution in [3.63, 3.8) is 0 Å². The molecule has 0 radical (unpaired) electrons. The third-order valence-corrected chi connectivity index (χ3v) is 14.1. The van der Waals surface area contributed by atoms with Crippen LogP contribution in [0.4, 0.5) is 0 Å². The lowest BCUT2D eigenvalue weighted by Crippen LogP contribution is -2.65. The molecule has 5 aliphatic carbocycles. The van der Waals surface area contributed by atoms with Crippen LogP contribution in [0.2, 0.25) is 0 Å². The number of aliphatic hydroxyl groups is 1. The molecule has 1 aromatic rings. The predicted octanol–water partition coefficient (Wildman–Crippen LogP) is 7.64. The molecule has 6 nitrogen and oxygen atoms in total. The van der Waals surface area contributed by atoms with Crippen LogP contribution in [0.5, 0.6) is 5.75 Å². The van der Waals surface area contributed by atoms with Crippen LogP contribution in [0.25, 0.3) is 6.08 Å². The minimum Gasteiger partial charge on any atom is -0.508 e. The zero-order valence-corrected chi connectivity index (χ0v) is 27.4. The van der Waals surface area contributed by atoms with E-state index in [9.17, 15) is 24.9 Å². The fraction of sp³-hybridized carbons (Fsp3) is 0.684. The van der Waals surface area contributed by atoms with Crippen molar-refractivity contribution in [2.45, 2.75) is 105 Å². The number of carbonyl (C=O) groups excluding carboxylic acids is 1. The molecule has 3 unspecified atom stereocenters. The van der Waals surface area contributed by atoms with Crippen LogP contribution in [0.3, 0.4) is 0 Å². The number of esters is 1. The molecule has 0 heterocycles. The summed E-state index contributed by atoms with van der Waals surface area (Å²) in [5.41, 5.74) is 1.09. The number of ether oxygens (including phenoxy) is 1. The van der Waals surface area contributed by atoms with Crippen LogP contribution >= 0.6 is 0 Å². The van der Waals surface area contributed by atoms with Crippen molar-refractivity contribution in [1.29, 1.82) is 0 Å². The number of aliphatic carboxylic acids is 1. The third-order valence-electron chi connectivity index (χ3n) is 14.1. The maximum Gasteiger partial charge on any atom is 0.331 e. The summed E-state index contributed by atoms with van der Waals surface area (Å²) in [7, 11) is 0. The van der Waals surface area contributed by atoms with Crippen LogP contribution in [0, 0.1) is 57.2 Å². The lowest BCUT2D eigenvalue weighted by Gasteiger charge is -2.68. The van der Waals surface area contributed by atoms with Crippen molar-refractivity contribution >= 4 is 18.0 Å². The highest BCUT2D eigenvalue weighted by Gasteiger charge is 2.67. The van der Waals surface area contributed by atoms with Gasteiger partial charge in [-0.15, -0.1) is 0 Å². The molecule has 0 aromatic heterocycles. The number of carboxylic acid groups (broad SMARTS) is 1. The standard InChI is InChI=1S/C38H52O6/c1-22-15-19-38(34(42)43)20-16-27-26(32(38)23(22)2)12-13-30-36(27,5)18-17-29-35(3,4)33(28(40)21-37(29,30)6)44-31(41)14-9-24-7-10-25(39)11-8-24/h7-12,14,22-23,27-30,32-33,39-40H,13,15-21H2,1-6H3,(H,42,43)/t22-,23+,27?,28-,29?,30?,32+,33+,36+,37+,38+/m1/s1. The second kappa shape index (κ2) is 10.7. The molecule has 6 rings (SSSR count). The van der Waals surface area contributed by atoms with E-state index in [4.69, 9.17) is 4.74 Å². The van der Waals surface area contributed by atoms with E-state index in [1.165, 1.54) is 11.6 Å². The summed E-state index contributed by atoms with van der Waals surface area (Å²) in [5.74, 6) is 1.12. The van der Waals surface area contributed by atoms with Crippen molar-refractivity contribution in [2.75, 3.05) is 0 Å². The van der Waals surface area contributed by atoms with Crippen LogP contribution < -0.4 is 0 Å². The van der Waals surface area contributed by atoms with Crippen molar-refractivity contribution in [2.24, 2.45) is 57.2 Å². The quantitative estimate of drug-likeness (QED) is 0.185. The molecule has 4 saturated carbocycles. The zero-order valence-electron chi connectivity index (χ0n) is 27.4. The summed E-state index contributed by atoms with van der Waals surface area (Å²) >= 11 is 0. The van der Waals surface area contributed by atoms with Crippen LogP contribution in [0.15, 0.2) is 42.0 Å². The molecular weight excluding hydrogens is 552 g/mol. The van der Waals surface area contributed by atoms with E-state index in [2.05, 4.69) is 47.6 Å². The monoisotopic (exact) mass is 604 g/mol. The minimum absolute atomic E-state index is 0.0482. The van der Waals surface area contributed by atoms with Gasteiger partial charge in [-0.2, -0.15) is 0 Å². The van der Waals surface area contributed by atoms with Gasteiger partial charge < -0.3 is 20.1 Å². The highest BCUT2D eigenvalue weighted by Crippen LogP contribution is 2.72. The highest BCUT2D eigenvalue weighted by atomic mass is 16.6. The molecule has 44 heavy (non-hydrogen) atoms. The summed E-state index contributed by atoms with van der Waals surface area (Å²) < 4.78 is 6.03. The Bertz CT molecular complexity index is 1360. The first kappa shape index (κ1) is 31.4. The Balaban J connectivity index is 1.27. The van der Waals surface area contributed by atoms with Gasteiger partial charge in [0.25, 0.3) is 0 Å². The number of fused-ring (bicyclic) bond motifs is 7. The summed E-state index contributed by atoms with van der Waals surface area (Å²) in [4.78, 5) is 25.9. The summed E-state index contributed by atoms with van der Waals surface area (Å²) in [5, 5.41) is 31.8. The number of carbonyl (C=O) groups is 2. The van der Waals surface area contributed by atoms with E-state index < -0.39 is 35.0 Å². The molecule has 240 valence electrons. The van der Waals surface area contributed by atoms with Crippen molar-refractivity contribution in [3.8, 4) is 5.75 Å². The first-order chi connectivity index (χ1) is 20.6. The molecule has 0 bridgehead atoms. The average Bonchev–Trinajstić information content (AvgIpc) is 2.96. The van der Waals surface area contributed by atoms with E-state index in [1.807, 2.05) is 0 Å². The van der Waals surface area contributed by atoms with Crippen LogP contribution in [-0.4, -0.2) is 39.5 Å². The number of allylic oxidation sites excluding steroid dienone is 2. The second-order valence-electron chi connectivity index (χ2n) is 16.4. The number of hydrogen-bond acceptors (Lipinski definition) is 5. The number of aliphatic hydroxyl groups excluding tert-OH is 1. The maximum absolute atomic E-state index is 13.0. The largest absolute Gasteiger partial charge is 0.508 e. The van der Waals surface area contributed by atoms with Gasteiger partial charge in [-0.3, -0.25) is 4.79 Å². The Morgan fingerprint density at radius 1 is 0.932 bits per heavy atom. The normalized spacial score (nSPS) is 44.4. The fourth-order valence-corrected chi connectivity index (χ4v) is 11.8. The molecule has 1 aromatic carbocycles. The number of phenolic OH excluding ortho intramolecular Hbond substituents is 1. The number of benzene rings is 1. The molecule has 0 spiro atoms. The smallest absolute Gasteiger partial charge is 0.331 e. The Morgan fingerprint density at radius 3 is 2.30 bits per heavy atom. The van der Waals surface area contributed by atoms with Crippen LogP contribution in [0.1, 0.15) is 98.5 Å². The molecule has 3 N–H and O–H groups in total. The van der Waals surface area contributed by atoms with Gasteiger partial charge in [0, 0.05) is 11.5 Å². The predicted molar refractivity (Wildman–Crippen MR) is 170 cm³/mol. The Kier molecular flexibility index (Phi) is 7.66. The number of carboxylic acids is 1. The zero-order chi connectivity index (χ0) is 31.8. The molecule has 11 atom stereocenters. The number of phenols is 1. The van der Waals surface area contributed by atoms with E-state index in [1.54, 1.807) is 30.3 Å². The second-order valence-corrected chi connectivity index (χ2v) is 16.4. The lowest BCUT2D eigenvalue weighted by atomic mass is 9.36. The summed E-state index contributed by atoms with van der Waals surface area (Å²) in [6.45, 7) is 13.8. The molecule has 0 aliphatic heterocycles. The first-order valence-corrected chi connectivity index (χ1v) is 16.9. The maximum atomic E-state index is 13.0. The van der Waals surface area contributed by atoms with Gasteiger partial charge in [-0.25, -0.2) is 4.79 Å². The van der Waals surface area contributed by atoms with Gasteiger partial charge in [0.05, 0.1) is 11.5 Å². The number of rotatable bonds is 4. The van der Waals surface area contributed by atoms with Gasteiger partial charge in [-0.05, 0) is 121 Å². The minimum atomic E-state index is -0.768. The van der Waals surface area contributed by atoms with E-state index >= 15 is 0 Å². The number of hydrogen-bond donors (Lipinski definition) is 3. The summed E-state index contributed by atoms with van der Waals surface area (Å²) in [6.07, 6.45) is 11.2. The topological polar surface area (TPSA) is 104 Å². The van der Waals surface area contributed by atoms with Crippen molar-refractivity contribution in [1.82, 2.24) is 0 Å². The van der Waals surface area contributed by atoms with Gasteiger partial charge in [-0.1, -0.05) is 65.3 Å². The third kappa shape index (κ3) is 4.60. The Morgan fingerprint density at radius 2 is 1.61 bits per heavy atom. The first-order valence-electron chi connectivity index (χ1n) is 16.9. The van der Waals surface area contributed by atoms with E-state index in [-0.39, 0.29) is 28.4 Å². The Hall–Kier alpha value is -2.60. The van der Waals surface area contributed by atoms with Crippen molar-refractivity contribution in [3.05, 3.63) is 47.6 Å². The fourth-order valence-electron chi connectivity index (χ4n) is 11.8. The Labute approximate surface area is 263 Å².